The van der Waals surface area contributed by atoms with Crippen LogP contribution in [0.5, 0.6) is 0 Å². The Balaban J connectivity index is 4.60. The zero-order valence-corrected chi connectivity index (χ0v) is 13.8. The van der Waals surface area contributed by atoms with E-state index in [1.807, 2.05) is 0 Å². The predicted octanol–water partition coefficient (Wildman–Crippen LogP) is 1.81. The van der Waals surface area contributed by atoms with E-state index in [0.717, 1.165) is 12.2 Å². The Morgan fingerprint density at radius 2 is 1.84 bits per heavy atom. The van der Waals surface area contributed by atoms with Gasteiger partial charge >= 0.3 is 0 Å². The summed E-state index contributed by atoms with van der Waals surface area (Å²) in [5.74, 6) is 1.17. The van der Waals surface area contributed by atoms with Gasteiger partial charge in [0.2, 0.25) is 5.91 Å². The van der Waals surface area contributed by atoms with Crippen LogP contribution in [0.3, 0.4) is 0 Å². The Bertz CT molecular complexity index is 280. The number of thioether (sulfide) groups is 1. The van der Waals surface area contributed by atoms with E-state index >= 15 is 0 Å². The molecule has 0 aromatic rings. The minimum absolute atomic E-state index is 0.00290. The molecule has 2 unspecified atom stereocenters. The van der Waals surface area contributed by atoms with Crippen LogP contribution in [0.1, 0.15) is 34.1 Å². The van der Waals surface area contributed by atoms with Gasteiger partial charge in [0.05, 0.1) is 6.61 Å². The third-order valence-corrected chi connectivity index (χ3v) is 4.64. The predicted molar refractivity (Wildman–Crippen MR) is 81.0 cm³/mol. The molecule has 0 aromatic carbocycles. The molecular weight excluding hydrogens is 262 g/mol. The Kier molecular flexibility index (Phi) is 8.01. The Labute approximate surface area is 121 Å². The van der Waals surface area contributed by atoms with Crippen LogP contribution in [0.25, 0.3) is 0 Å². The number of nitrogens with zero attached hydrogens (tertiary/aromatic N) is 1. The number of hydrogen-bond donors (Lipinski definition) is 2. The molecule has 0 spiro atoms. The molecule has 0 aliphatic carbocycles. The lowest BCUT2D eigenvalue weighted by atomic mass is 9.79. The molecule has 1 amide bonds. The van der Waals surface area contributed by atoms with Crippen molar-refractivity contribution < 1.29 is 15.0 Å². The van der Waals surface area contributed by atoms with Crippen LogP contribution in [-0.4, -0.2) is 52.9 Å². The summed E-state index contributed by atoms with van der Waals surface area (Å²) in [6, 6.07) is 0. The van der Waals surface area contributed by atoms with Crippen LogP contribution in [0.4, 0.5) is 0 Å². The molecule has 2 atom stereocenters. The molecule has 0 heterocycles. The smallest absolute Gasteiger partial charge is 0.225 e. The van der Waals surface area contributed by atoms with Gasteiger partial charge in [-0.25, -0.2) is 0 Å². The monoisotopic (exact) mass is 291 g/mol. The summed E-state index contributed by atoms with van der Waals surface area (Å²) in [4.78, 5) is 13.8. The highest BCUT2D eigenvalue weighted by Gasteiger charge is 2.31. The van der Waals surface area contributed by atoms with Gasteiger partial charge in [0.25, 0.3) is 0 Å². The van der Waals surface area contributed by atoms with Crippen LogP contribution >= 0.6 is 11.8 Å². The second-order valence-electron chi connectivity index (χ2n) is 6.40. The van der Waals surface area contributed by atoms with Crippen LogP contribution < -0.4 is 0 Å². The molecule has 0 saturated heterocycles. The summed E-state index contributed by atoms with van der Waals surface area (Å²) >= 11 is 1.34. The number of carbonyl (C=O) groups is 1. The average Bonchev–Trinajstić information content (AvgIpc) is 2.31. The Morgan fingerprint density at radius 3 is 2.21 bits per heavy atom. The summed E-state index contributed by atoms with van der Waals surface area (Å²) in [7, 11) is 3.57. The summed E-state index contributed by atoms with van der Waals surface area (Å²) in [6.07, 6.45) is 0.785. The summed E-state index contributed by atoms with van der Waals surface area (Å²) in [5.41, 5.74) is -0.789. The number of aliphatic hydroxyl groups excluding tert-OH is 2. The van der Waals surface area contributed by atoms with Crippen LogP contribution in [0.2, 0.25) is 0 Å². The maximum Gasteiger partial charge on any atom is 0.225 e. The van der Waals surface area contributed by atoms with Crippen molar-refractivity contribution >= 4 is 17.7 Å². The number of hydrogen-bond acceptors (Lipinski definition) is 4. The molecule has 2 N–H and O–H groups in total. The van der Waals surface area contributed by atoms with E-state index < -0.39 is 5.44 Å². The molecule has 114 valence electrons. The molecule has 0 aliphatic heterocycles. The number of rotatable bonds is 8. The van der Waals surface area contributed by atoms with E-state index in [0.29, 0.717) is 5.92 Å². The quantitative estimate of drug-likeness (QED) is 0.670. The van der Waals surface area contributed by atoms with Crippen molar-refractivity contribution in [2.24, 2.45) is 17.3 Å². The van der Waals surface area contributed by atoms with E-state index in [-0.39, 0.29) is 23.8 Å². The third kappa shape index (κ3) is 7.18. The standard InChI is InChI=1S/C14H29NO3S/c1-10(2)11(13(18)15(5)6)7-14(3,4)9-19-12(17)8-16/h10-12,16-17H,7-9H2,1-6H3. The summed E-state index contributed by atoms with van der Waals surface area (Å²) < 4.78 is 0. The first-order valence-corrected chi connectivity index (χ1v) is 7.77. The largest absolute Gasteiger partial charge is 0.393 e. The van der Waals surface area contributed by atoms with Gasteiger partial charge in [-0.15, -0.1) is 11.8 Å². The van der Waals surface area contributed by atoms with Gasteiger partial charge in [-0.05, 0) is 17.8 Å². The van der Waals surface area contributed by atoms with E-state index in [9.17, 15) is 9.90 Å². The lowest BCUT2D eigenvalue weighted by Gasteiger charge is -2.32. The third-order valence-electron chi connectivity index (χ3n) is 3.16. The van der Waals surface area contributed by atoms with Gasteiger partial charge in [-0.1, -0.05) is 27.7 Å². The highest BCUT2D eigenvalue weighted by atomic mass is 32.2. The minimum Gasteiger partial charge on any atom is -0.393 e. The molecule has 5 heteroatoms. The Morgan fingerprint density at radius 1 is 1.32 bits per heavy atom. The van der Waals surface area contributed by atoms with Crippen molar-refractivity contribution in [1.29, 1.82) is 0 Å². The normalized spacial score (nSPS) is 15.4. The number of amides is 1. The highest BCUT2D eigenvalue weighted by molar-refractivity contribution is 7.99. The van der Waals surface area contributed by atoms with Crippen molar-refractivity contribution in [2.75, 3.05) is 26.5 Å². The van der Waals surface area contributed by atoms with Crippen molar-refractivity contribution in [3.05, 3.63) is 0 Å². The maximum atomic E-state index is 12.2. The van der Waals surface area contributed by atoms with Crippen LogP contribution in [0, 0.1) is 17.3 Å². The first kappa shape index (κ1) is 18.7. The van der Waals surface area contributed by atoms with Gasteiger partial charge in [-0.3, -0.25) is 4.79 Å². The Hall–Kier alpha value is -0.260. The van der Waals surface area contributed by atoms with Crippen molar-refractivity contribution in [1.82, 2.24) is 4.90 Å². The topological polar surface area (TPSA) is 60.8 Å². The SMILES string of the molecule is CC(C)C(CC(C)(C)CSC(O)CO)C(=O)N(C)C. The summed E-state index contributed by atoms with van der Waals surface area (Å²) in [6.45, 7) is 8.10. The fourth-order valence-electron chi connectivity index (χ4n) is 1.97. The minimum atomic E-state index is -0.735. The molecule has 0 aliphatic rings. The van der Waals surface area contributed by atoms with Gasteiger partial charge < -0.3 is 15.1 Å². The van der Waals surface area contributed by atoms with Crippen molar-refractivity contribution in [3.63, 3.8) is 0 Å². The first-order chi connectivity index (χ1) is 8.60. The second-order valence-corrected chi connectivity index (χ2v) is 7.57. The molecule has 0 bridgehead atoms. The zero-order chi connectivity index (χ0) is 15.2. The van der Waals surface area contributed by atoms with Crippen LogP contribution in [0.15, 0.2) is 0 Å². The molecule has 0 saturated carbocycles. The molecule has 19 heavy (non-hydrogen) atoms. The zero-order valence-electron chi connectivity index (χ0n) is 13.0. The lowest BCUT2D eigenvalue weighted by molar-refractivity contribution is -0.135. The highest BCUT2D eigenvalue weighted by Crippen LogP contribution is 2.34. The first-order valence-electron chi connectivity index (χ1n) is 6.72. The fraction of sp³-hybridized carbons (Fsp3) is 0.929. The molecular formula is C14H29NO3S. The average molecular weight is 291 g/mol. The number of carbonyl (C=O) groups excluding carboxylic acids is 1. The van der Waals surface area contributed by atoms with Gasteiger partial charge in [0.15, 0.2) is 0 Å². The fourth-order valence-corrected chi connectivity index (χ4v) is 2.84. The summed E-state index contributed by atoms with van der Waals surface area (Å²) in [5, 5.41) is 18.2. The number of aliphatic hydroxyl groups is 2. The van der Waals surface area contributed by atoms with Crippen LogP contribution in [-0.2, 0) is 4.79 Å². The van der Waals surface area contributed by atoms with Gasteiger partial charge in [-0.2, -0.15) is 0 Å². The van der Waals surface area contributed by atoms with Gasteiger partial charge in [0, 0.05) is 25.8 Å². The van der Waals surface area contributed by atoms with E-state index in [1.54, 1.807) is 19.0 Å². The van der Waals surface area contributed by atoms with E-state index in [1.165, 1.54) is 11.8 Å². The lowest BCUT2D eigenvalue weighted by Crippen LogP contribution is -2.36. The second kappa shape index (κ2) is 8.12. The van der Waals surface area contributed by atoms with E-state index in [4.69, 9.17) is 5.11 Å². The van der Waals surface area contributed by atoms with Gasteiger partial charge in [0.1, 0.15) is 5.44 Å². The molecule has 0 radical (unpaired) electrons. The molecule has 0 aromatic heterocycles. The van der Waals surface area contributed by atoms with Crippen molar-refractivity contribution in [3.8, 4) is 0 Å². The maximum absolute atomic E-state index is 12.2. The molecule has 4 nitrogen and oxygen atoms in total. The molecule has 0 fully saturated rings. The van der Waals surface area contributed by atoms with E-state index in [2.05, 4.69) is 27.7 Å². The van der Waals surface area contributed by atoms with Crippen molar-refractivity contribution in [2.45, 2.75) is 39.6 Å². The molecule has 0 rings (SSSR count).